The van der Waals surface area contributed by atoms with Crippen LogP contribution in [0, 0.1) is 0 Å². The summed E-state index contributed by atoms with van der Waals surface area (Å²) in [7, 11) is 0. The van der Waals surface area contributed by atoms with Gasteiger partial charge < -0.3 is 9.73 Å². The molecule has 0 aliphatic heterocycles. The van der Waals surface area contributed by atoms with E-state index in [1.807, 2.05) is 11.5 Å². The fraction of sp³-hybridized carbons (Fsp3) is 0.278. The molecule has 0 fully saturated rings. The average molecular weight is 410 g/mol. The summed E-state index contributed by atoms with van der Waals surface area (Å²) in [5, 5.41) is 11.4. The Balaban J connectivity index is 1.57. The Bertz CT molecular complexity index is 939. The third kappa shape index (κ3) is 4.75. The first-order valence-corrected chi connectivity index (χ1v) is 9.39. The van der Waals surface area contributed by atoms with Crippen LogP contribution in [0.15, 0.2) is 52.2 Å². The zero-order valence-corrected chi connectivity index (χ0v) is 15.7. The summed E-state index contributed by atoms with van der Waals surface area (Å²) in [6.45, 7) is 2.53. The minimum absolute atomic E-state index is 0.0153. The van der Waals surface area contributed by atoms with E-state index in [-0.39, 0.29) is 18.2 Å². The number of halogens is 3. The predicted octanol–water partition coefficient (Wildman–Crippen LogP) is 3.99. The lowest BCUT2D eigenvalue weighted by molar-refractivity contribution is -0.137. The fourth-order valence-corrected chi connectivity index (χ4v) is 3.34. The minimum atomic E-state index is -4.41. The summed E-state index contributed by atoms with van der Waals surface area (Å²) in [6, 6.07) is 8.39. The van der Waals surface area contributed by atoms with E-state index in [0.717, 1.165) is 12.1 Å². The number of hydrogen-bond acceptors (Lipinski definition) is 5. The third-order valence-corrected chi connectivity index (χ3v) is 4.82. The topological polar surface area (TPSA) is 73.0 Å². The summed E-state index contributed by atoms with van der Waals surface area (Å²) >= 11 is 1.20. The highest BCUT2D eigenvalue weighted by Crippen LogP contribution is 2.29. The van der Waals surface area contributed by atoms with Crippen LogP contribution in [0.2, 0.25) is 0 Å². The molecule has 6 nitrogen and oxygen atoms in total. The summed E-state index contributed by atoms with van der Waals surface area (Å²) < 4.78 is 45.4. The standard InChI is InChI=1S/C18H17F3N4O2S/c1-2-25-16(14-7-4-8-27-14)23-24-17(25)28-11-15(26)22-10-12-5-3-6-13(9-12)18(19,20)21/h3-9H,2,10-11H2,1H3,(H,22,26). The van der Waals surface area contributed by atoms with Gasteiger partial charge in [0.05, 0.1) is 17.6 Å². The second-order valence-corrected chi connectivity index (χ2v) is 6.73. The number of aromatic nitrogens is 3. The van der Waals surface area contributed by atoms with Crippen LogP contribution in [0.5, 0.6) is 0 Å². The van der Waals surface area contributed by atoms with E-state index in [2.05, 4.69) is 15.5 Å². The Labute approximate surface area is 163 Å². The fourth-order valence-electron chi connectivity index (χ4n) is 2.51. The quantitative estimate of drug-likeness (QED) is 0.597. The van der Waals surface area contributed by atoms with E-state index >= 15 is 0 Å². The van der Waals surface area contributed by atoms with Gasteiger partial charge in [0.1, 0.15) is 0 Å². The number of benzene rings is 1. The van der Waals surface area contributed by atoms with Crippen molar-refractivity contribution in [2.75, 3.05) is 5.75 Å². The van der Waals surface area contributed by atoms with Crippen LogP contribution < -0.4 is 5.32 Å². The molecule has 2 aromatic heterocycles. The molecule has 0 aliphatic rings. The maximum absolute atomic E-state index is 12.7. The molecule has 1 N–H and O–H groups in total. The first-order valence-electron chi connectivity index (χ1n) is 8.41. The number of nitrogens with one attached hydrogen (secondary N) is 1. The molecule has 0 aliphatic carbocycles. The van der Waals surface area contributed by atoms with E-state index in [0.29, 0.717) is 28.8 Å². The number of thioether (sulfide) groups is 1. The number of carbonyl (C=O) groups is 1. The van der Waals surface area contributed by atoms with Crippen molar-refractivity contribution in [3.63, 3.8) is 0 Å². The van der Waals surface area contributed by atoms with Crippen molar-refractivity contribution in [1.29, 1.82) is 0 Å². The molecule has 1 aromatic carbocycles. The van der Waals surface area contributed by atoms with Crippen LogP contribution in [-0.2, 0) is 24.1 Å². The van der Waals surface area contributed by atoms with Gasteiger partial charge in [0, 0.05) is 13.1 Å². The van der Waals surface area contributed by atoms with Crippen LogP contribution >= 0.6 is 11.8 Å². The Kier molecular flexibility index (Phi) is 6.08. The van der Waals surface area contributed by atoms with Crippen LogP contribution in [0.3, 0.4) is 0 Å². The molecule has 0 atom stereocenters. The van der Waals surface area contributed by atoms with Gasteiger partial charge in [-0.3, -0.25) is 9.36 Å². The highest BCUT2D eigenvalue weighted by atomic mass is 32.2. The molecule has 0 bridgehead atoms. The van der Waals surface area contributed by atoms with Crippen LogP contribution in [0.4, 0.5) is 13.2 Å². The lowest BCUT2D eigenvalue weighted by Gasteiger charge is -2.10. The molecule has 10 heteroatoms. The highest BCUT2D eigenvalue weighted by Gasteiger charge is 2.30. The average Bonchev–Trinajstić information content (AvgIpc) is 3.33. The molecule has 2 heterocycles. The minimum Gasteiger partial charge on any atom is -0.461 e. The van der Waals surface area contributed by atoms with E-state index < -0.39 is 11.7 Å². The monoisotopic (exact) mass is 410 g/mol. The van der Waals surface area contributed by atoms with E-state index in [4.69, 9.17) is 4.42 Å². The zero-order valence-electron chi connectivity index (χ0n) is 14.9. The number of alkyl halides is 3. The van der Waals surface area contributed by atoms with Crippen molar-refractivity contribution in [2.45, 2.75) is 31.3 Å². The molecule has 0 spiro atoms. The molecule has 1 amide bonds. The van der Waals surface area contributed by atoms with Crippen molar-refractivity contribution in [3.05, 3.63) is 53.8 Å². The van der Waals surface area contributed by atoms with Gasteiger partial charge >= 0.3 is 6.18 Å². The Morgan fingerprint density at radius 2 is 2.07 bits per heavy atom. The summed E-state index contributed by atoms with van der Waals surface area (Å²) in [6.07, 6.45) is -2.87. The molecule has 0 radical (unpaired) electrons. The largest absolute Gasteiger partial charge is 0.461 e. The molecule has 0 saturated carbocycles. The van der Waals surface area contributed by atoms with Crippen LogP contribution in [0.25, 0.3) is 11.6 Å². The molecule has 148 valence electrons. The highest BCUT2D eigenvalue weighted by molar-refractivity contribution is 7.99. The number of carbonyl (C=O) groups excluding carboxylic acids is 1. The maximum Gasteiger partial charge on any atom is 0.416 e. The summed E-state index contributed by atoms with van der Waals surface area (Å²) in [5.74, 6) is 0.900. The first-order chi connectivity index (χ1) is 13.4. The molecule has 3 rings (SSSR count). The number of hydrogen-bond donors (Lipinski definition) is 1. The van der Waals surface area contributed by atoms with Gasteiger partial charge in [-0.1, -0.05) is 23.9 Å². The maximum atomic E-state index is 12.7. The molecule has 28 heavy (non-hydrogen) atoms. The van der Waals surface area contributed by atoms with Crippen LogP contribution in [-0.4, -0.2) is 26.4 Å². The van der Waals surface area contributed by atoms with Gasteiger partial charge in [0.15, 0.2) is 16.7 Å². The number of rotatable bonds is 7. The molecular formula is C18H17F3N4O2S. The normalized spacial score (nSPS) is 11.6. The molecule has 3 aromatic rings. The Morgan fingerprint density at radius 1 is 1.25 bits per heavy atom. The molecule has 0 saturated heterocycles. The van der Waals surface area contributed by atoms with E-state index in [1.165, 1.54) is 30.2 Å². The van der Waals surface area contributed by atoms with Crippen molar-refractivity contribution >= 4 is 17.7 Å². The van der Waals surface area contributed by atoms with Crippen molar-refractivity contribution in [2.24, 2.45) is 0 Å². The van der Waals surface area contributed by atoms with E-state index in [1.54, 1.807) is 12.1 Å². The summed E-state index contributed by atoms with van der Waals surface area (Å²) in [4.78, 5) is 12.1. The lowest BCUT2D eigenvalue weighted by atomic mass is 10.1. The third-order valence-electron chi connectivity index (χ3n) is 3.85. The van der Waals surface area contributed by atoms with E-state index in [9.17, 15) is 18.0 Å². The summed E-state index contributed by atoms with van der Waals surface area (Å²) in [5.41, 5.74) is -0.361. The second-order valence-electron chi connectivity index (χ2n) is 5.79. The molecular weight excluding hydrogens is 393 g/mol. The van der Waals surface area contributed by atoms with Gasteiger partial charge in [-0.25, -0.2) is 0 Å². The SMILES string of the molecule is CCn1c(SCC(=O)NCc2cccc(C(F)(F)F)c2)nnc1-c1ccco1. The van der Waals surface area contributed by atoms with Gasteiger partial charge in [-0.15, -0.1) is 10.2 Å². The van der Waals surface area contributed by atoms with Crippen molar-refractivity contribution in [3.8, 4) is 11.6 Å². The van der Waals surface area contributed by atoms with Gasteiger partial charge in [-0.05, 0) is 36.8 Å². The number of nitrogens with zero attached hydrogens (tertiary/aromatic N) is 3. The second kappa shape index (κ2) is 8.51. The molecule has 0 unspecified atom stereocenters. The smallest absolute Gasteiger partial charge is 0.416 e. The predicted molar refractivity (Wildman–Crippen MR) is 97.4 cm³/mol. The number of amides is 1. The van der Waals surface area contributed by atoms with Gasteiger partial charge in [0.2, 0.25) is 5.91 Å². The van der Waals surface area contributed by atoms with Gasteiger partial charge in [-0.2, -0.15) is 13.2 Å². The first kappa shape index (κ1) is 20.0. The van der Waals surface area contributed by atoms with Crippen molar-refractivity contribution < 1.29 is 22.4 Å². The van der Waals surface area contributed by atoms with Crippen LogP contribution in [0.1, 0.15) is 18.1 Å². The Morgan fingerprint density at radius 3 is 2.75 bits per heavy atom. The van der Waals surface area contributed by atoms with Gasteiger partial charge in [0.25, 0.3) is 0 Å². The Hall–Kier alpha value is -2.75. The van der Waals surface area contributed by atoms with Crippen molar-refractivity contribution in [1.82, 2.24) is 20.1 Å². The zero-order chi connectivity index (χ0) is 20.1. The number of furan rings is 1. The lowest BCUT2D eigenvalue weighted by Crippen LogP contribution is -2.25.